The fraction of sp³-hybridized carbons (Fsp3) is 0.368. The van der Waals surface area contributed by atoms with E-state index in [4.69, 9.17) is 14.6 Å². The van der Waals surface area contributed by atoms with Gasteiger partial charge in [0.1, 0.15) is 5.56 Å². The van der Waals surface area contributed by atoms with E-state index >= 15 is 0 Å². The lowest BCUT2D eigenvalue weighted by atomic mass is 10.1. The maximum absolute atomic E-state index is 14.8. The highest BCUT2D eigenvalue weighted by molar-refractivity contribution is 7.12. The summed E-state index contributed by atoms with van der Waals surface area (Å²) in [5.41, 5.74) is -0.670. The Bertz CT molecular complexity index is 1130. The first kappa shape index (κ1) is 20.4. The number of ether oxygens (including phenoxy) is 2. The molecule has 9 nitrogen and oxygen atoms in total. The van der Waals surface area contributed by atoms with E-state index in [-0.39, 0.29) is 48.3 Å². The molecule has 4 heterocycles. The number of esters is 1. The van der Waals surface area contributed by atoms with E-state index in [2.05, 4.69) is 9.97 Å². The predicted molar refractivity (Wildman–Crippen MR) is 108 cm³/mol. The monoisotopic (exact) mass is 434 g/mol. The number of aliphatic hydroxyl groups excluding tert-OH is 1. The van der Waals surface area contributed by atoms with Gasteiger partial charge in [-0.25, -0.2) is 19.2 Å². The molecule has 0 spiro atoms. The smallest absolute Gasteiger partial charge is 0.343 e. The maximum atomic E-state index is 14.8. The van der Waals surface area contributed by atoms with Crippen LogP contribution >= 0.6 is 11.3 Å². The van der Waals surface area contributed by atoms with Crippen molar-refractivity contribution >= 4 is 34.2 Å². The fourth-order valence-electron chi connectivity index (χ4n) is 3.21. The van der Waals surface area contributed by atoms with Gasteiger partial charge in [-0.15, -0.1) is 11.3 Å². The number of hydrogen-bond acceptors (Lipinski definition) is 9. The number of carbonyl (C=O) groups is 1. The third-order valence-electron chi connectivity index (χ3n) is 4.63. The summed E-state index contributed by atoms with van der Waals surface area (Å²) in [5, 5.41) is 11.0. The van der Waals surface area contributed by atoms with Crippen LogP contribution in [0.1, 0.15) is 17.3 Å². The molecule has 1 fully saturated rings. The van der Waals surface area contributed by atoms with Crippen LogP contribution in [0.25, 0.3) is 16.2 Å². The average Bonchev–Trinajstić information content (AvgIpc) is 3.22. The van der Waals surface area contributed by atoms with E-state index in [0.717, 1.165) is 6.07 Å². The lowest BCUT2D eigenvalue weighted by Crippen LogP contribution is -2.53. The molecule has 0 atom stereocenters. The molecule has 11 heteroatoms. The highest BCUT2D eigenvalue weighted by Gasteiger charge is 2.31. The minimum atomic E-state index is -0.786. The van der Waals surface area contributed by atoms with E-state index in [1.807, 2.05) is 0 Å². The molecule has 0 aromatic carbocycles. The summed E-state index contributed by atoms with van der Waals surface area (Å²) >= 11 is 1.28. The molecule has 0 amide bonds. The zero-order valence-corrected chi connectivity index (χ0v) is 16.9. The molecule has 30 heavy (non-hydrogen) atoms. The highest BCUT2D eigenvalue weighted by atomic mass is 32.1. The zero-order chi connectivity index (χ0) is 21.3. The standard InChI is InChI=1S/C19H19FN4O5S/c1-2-28-18(27)13-10-24(19-21-3-6-30-19)16-12(15(13)26)7-14(20)17(22-16)23-8-11(9-23)29-5-4-25/h3,6-7,10-11,25H,2,4-5,8-9H2,1H3. The minimum Gasteiger partial charge on any atom is -0.462 e. The molecule has 1 saturated heterocycles. The van der Waals surface area contributed by atoms with E-state index < -0.39 is 17.2 Å². The van der Waals surface area contributed by atoms with Crippen LogP contribution in [-0.2, 0) is 9.47 Å². The second-order valence-corrected chi connectivity index (χ2v) is 7.44. The second kappa shape index (κ2) is 8.46. The predicted octanol–water partition coefficient (Wildman–Crippen LogP) is 1.36. The first-order chi connectivity index (χ1) is 14.5. The zero-order valence-electron chi connectivity index (χ0n) is 16.1. The van der Waals surface area contributed by atoms with Crippen LogP contribution in [-0.4, -0.2) is 64.6 Å². The summed E-state index contributed by atoms with van der Waals surface area (Å²) < 4.78 is 26.7. The van der Waals surface area contributed by atoms with Gasteiger partial charge in [-0.05, 0) is 13.0 Å². The second-order valence-electron chi connectivity index (χ2n) is 6.56. The highest BCUT2D eigenvalue weighted by Crippen LogP contribution is 2.27. The lowest BCUT2D eigenvalue weighted by Gasteiger charge is -2.39. The van der Waals surface area contributed by atoms with Crippen LogP contribution in [0.2, 0.25) is 0 Å². The normalized spacial score (nSPS) is 14.2. The molecule has 3 aromatic heterocycles. The molecule has 0 unspecified atom stereocenters. The average molecular weight is 434 g/mol. The number of fused-ring (bicyclic) bond motifs is 1. The van der Waals surface area contributed by atoms with Crippen LogP contribution in [0, 0.1) is 5.82 Å². The number of thiazole rings is 1. The van der Waals surface area contributed by atoms with Crippen molar-refractivity contribution in [2.75, 3.05) is 37.8 Å². The number of halogens is 1. The number of rotatable bonds is 7. The molecule has 1 N–H and O–H groups in total. The number of aliphatic hydroxyl groups is 1. The lowest BCUT2D eigenvalue weighted by molar-refractivity contribution is 0.0130. The van der Waals surface area contributed by atoms with Crippen LogP contribution in [0.15, 0.2) is 28.6 Å². The van der Waals surface area contributed by atoms with Crippen molar-refractivity contribution in [3.8, 4) is 5.13 Å². The maximum Gasteiger partial charge on any atom is 0.343 e. The number of pyridine rings is 2. The molecular weight excluding hydrogens is 415 g/mol. The molecule has 0 bridgehead atoms. The summed E-state index contributed by atoms with van der Waals surface area (Å²) in [5.74, 6) is -1.38. The largest absolute Gasteiger partial charge is 0.462 e. The van der Waals surface area contributed by atoms with Gasteiger partial charge < -0.3 is 19.5 Å². The Morgan fingerprint density at radius 1 is 1.43 bits per heavy atom. The van der Waals surface area contributed by atoms with Gasteiger partial charge in [-0.3, -0.25) is 9.36 Å². The quantitative estimate of drug-likeness (QED) is 0.556. The minimum absolute atomic E-state index is 0.0365. The van der Waals surface area contributed by atoms with Crippen molar-refractivity contribution in [3.63, 3.8) is 0 Å². The molecule has 1 aliphatic heterocycles. The summed E-state index contributed by atoms with van der Waals surface area (Å²) in [6.07, 6.45) is 2.79. The van der Waals surface area contributed by atoms with E-state index in [9.17, 15) is 14.0 Å². The first-order valence-electron chi connectivity index (χ1n) is 9.33. The third kappa shape index (κ3) is 3.66. The molecule has 4 rings (SSSR count). The number of anilines is 1. The topological polar surface area (TPSA) is 107 Å². The van der Waals surface area contributed by atoms with Gasteiger partial charge in [0.2, 0.25) is 5.43 Å². The van der Waals surface area contributed by atoms with Crippen LogP contribution < -0.4 is 10.3 Å². The Morgan fingerprint density at radius 2 is 2.23 bits per heavy atom. The Kier molecular flexibility index (Phi) is 5.75. The van der Waals surface area contributed by atoms with Gasteiger partial charge in [0.15, 0.2) is 22.4 Å². The van der Waals surface area contributed by atoms with Crippen molar-refractivity contribution in [2.24, 2.45) is 0 Å². The summed E-state index contributed by atoms with van der Waals surface area (Å²) in [7, 11) is 0. The van der Waals surface area contributed by atoms with Crippen LogP contribution in [0.3, 0.4) is 0 Å². The Morgan fingerprint density at radius 3 is 2.90 bits per heavy atom. The molecule has 0 radical (unpaired) electrons. The molecule has 0 saturated carbocycles. The van der Waals surface area contributed by atoms with Gasteiger partial charge in [-0.1, -0.05) is 0 Å². The Hall–Kier alpha value is -2.89. The fourth-order valence-corrected chi connectivity index (χ4v) is 3.82. The van der Waals surface area contributed by atoms with Crippen molar-refractivity contribution in [3.05, 3.63) is 45.4 Å². The summed E-state index contributed by atoms with van der Waals surface area (Å²) in [4.78, 5) is 35.4. The van der Waals surface area contributed by atoms with E-state index in [1.54, 1.807) is 23.4 Å². The molecule has 1 aliphatic rings. The number of nitrogens with zero attached hydrogens (tertiary/aromatic N) is 4. The number of carbonyl (C=O) groups excluding carboxylic acids is 1. The van der Waals surface area contributed by atoms with Crippen LogP contribution in [0.5, 0.6) is 0 Å². The summed E-state index contributed by atoms with van der Waals surface area (Å²) in [6.45, 7) is 2.70. The number of aromatic nitrogens is 3. The molecular formula is C19H19FN4O5S. The van der Waals surface area contributed by atoms with Crippen molar-refractivity contribution in [1.82, 2.24) is 14.5 Å². The summed E-state index contributed by atoms with van der Waals surface area (Å²) in [6, 6.07) is 1.09. The van der Waals surface area contributed by atoms with Gasteiger partial charge in [-0.2, -0.15) is 0 Å². The molecule has 158 valence electrons. The van der Waals surface area contributed by atoms with E-state index in [1.165, 1.54) is 22.1 Å². The third-order valence-corrected chi connectivity index (χ3v) is 5.40. The number of hydrogen-bond donors (Lipinski definition) is 1. The molecule has 3 aromatic rings. The van der Waals surface area contributed by atoms with Crippen molar-refractivity contribution < 1.29 is 23.8 Å². The van der Waals surface area contributed by atoms with Crippen molar-refractivity contribution in [2.45, 2.75) is 13.0 Å². The SMILES string of the molecule is CCOC(=O)c1cn(-c2nccs2)c2nc(N3CC(OCCO)C3)c(F)cc2c1=O. The van der Waals surface area contributed by atoms with E-state index in [0.29, 0.717) is 18.2 Å². The van der Waals surface area contributed by atoms with Gasteiger partial charge in [0, 0.05) is 30.9 Å². The van der Waals surface area contributed by atoms with Gasteiger partial charge in [0.05, 0.1) is 31.3 Å². The van der Waals surface area contributed by atoms with Gasteiger partial charge >= 0.3 is 5.97 Å². The molecule has 0 aliphatic carbocycles. The Balaban J connectivity index is 1.81. The Labute approximate surface area is 174 Å². The van der Waals surface area contributed by atoms with Gasteiger partial charge in [0.25, 0.3) is 0 Å². The van der Waals surface area contributed by atoms with Crippen molar-refractivity contribution in [1.29, 1.82) is 0 Å². The van der Waals surface area contributed by atoms with Crippen LogP contribution in [0.4, 0.5) is 10.2 Å². The first-order valence-corrected chi connectivity index (χ1v) is 10.2.